The lowest BCUT2D eigenvalue weighted by molar-refractivity contribution is 0.307. The average Bonchev–Trinajstić information content (AvgIpc) is 2.32. The molecular formula is C7H10ClN3. The number of aromatic nitrogens is 3. The normalized spacial score (nSPS) is 18.3. The van der Waals surface area contributed by atoms with Crippen LogP contribution in [0.5, 0.6) is 0 Å². The van der Waals surface area contributed by atoms with Gasteiger partial charge in [0.05, 0.1) is 5.88 Å². The summed E-state index contributed by atoms with van der Waals surface area (Å²) in [6.45, 7) is 0. The van der Waals surface area contributed by atoms with Crippen LogP contribution in [0.2, 0.25) is 0 Å². The van der Waals surface area contributed by atoms with Gasteiger partial charge in [-0.25, -0.2) is 0 Å². The lowest BCUT2D eigenvalue weighted by atomic mass is 9.93. The van der Waals surface area contributed by atoms with E-state index in [4.69, 9.17) is 11.6 Å². The van der Waals surface area contributed by atoms with Crippen molar-refractivity contribution in [3.63, 3.8) is 0 Å². The topological polar surface area (TPSA) is 30.7 Å². The molecule has 4 heteroatoms. The highest BCUT2D eigenvalue weighted by Crippen LogP contribution is 2.31. The largest absolute Gasteiger partial charge is 0.313 e. The molecule has 0 bridgehead atoms. The van der Waals surface area contributed by atoms with Crippen molar-refractivity contribution in [2.24, 2.45) is 0 Å². The van der Waals surface area contributed by atoms with Gasteiger partial charge < -0.3 is 4.57 Å². The summed E-state index contributed by atoms with van der Waals surface area (Å²) in [6.07, 6.45) is 5.61. The summed E-state index contributed by atoms with van der Waals surface area (Å²) in [5, 5.41) is 7.74. The van der Waals surface area contributed by atoms with Gasteiger partial charge in [-0.15, -0.1) is 21.8 Å². The van der Waals surface area contributed by atoms with Crippen molar-refractivity contribution in [2.45, 2.75) is 31.2 Å². The molecule has 0 amide bonds. The Balaban J connectivity index is 2.20. The van der Waals surface area contributed by atoms with Gasteiger partial charge in [-0.1, -0.05) is 0 Å². The summed E-state index contributed by atoms with van der Waals surface area (Å²) in [7, 11) is 0. The molecule has 0 spiro atoms. The van der Waals surface area contributed by atoms with Gasteiger partial charge in [-0.05, 0) is 19.3 Å². The molecular weight excluding hydrogens is 162 g/mol. The molecule has 0 aromatic carbocycles. The predicted octanol–water partition coefficient (Wildman–Crippen LogP) is 1.74. The molecule has 0 saturated heterocycles. The molecule has 2 rings (SSSR count). The van der Waals surface area contributed by atoms with E-state index in [1.807, 2.05) is 0 Å². The van der Waals surface area contributed by atoms with Gasteiger partial charge in [0.1, 0.15) is 12.2 Å². The second-order valence-corrected chi connectivity index (χ2v) is 3.14. The lowest BCUT2D eigenvalue weighted by Gasteiger charge is -2.27. The van der Waals surface area contributed by atoms with Crippen LogP contribution >= 0.6 is 11.6 Å². The van der Waals surface area contributed by atoms with Crippen LogP contribution in [-0.2, 0) is 5.88 Å². The van der Waals surface area contributed by atoms with Crippen molar-refractivity contribution in [1.82, 2.24) is 14.8 Å². The Kier molecular flexibility index (Phi) is 1.82. The molecule has 1 fully saturated rings. The average molecular weight is 172 g/mol. The first-order valence-electron chi connectivity index (χ1n) is 3.86. The Morgan fingerprint density at radius 2 is 2.45 bits per heavy atom. The third-order valence-corrected chi connectivity index (χ3v) is 2.47. The third-order valence-electron chi connectivity index (χ3n) is 2.23. The van der Waals surface area contributed by atoms with Crippen LogP contribution < -0.4 is 0 Å². The number of hydrogen-bond acceptors (Lipinski definition) is 2. The van der Waals surface area contributed by atoms with E-state index in [2.05, 4.69) is 14.8 Å². The summed E-state index contributed by atoms with van der Waals surface area (Å²) in [5.74, 6) is 1.37. The highest BCUT2D eigenvalue weighted by atomic mass is 35.5. The minimum absolute atomic E-state index is 0.469. The van der Waals surface area contributed by atoms with Gasteiger partial charge in [-0.3, -0.25) is 0 Å². The minimum Gasteiger partial charge on any atom is -0.313 e. The molecule has 1 aliphatic rings. The van der Waals surface area contributed by atoms with Gasteiger partial charge in [0.2, 0.25) is 0 Å². The Labute approximate surface area is 70.4 Å². The van der Waals surface area contributed by atoms with Crippen molar-refractivity contribution in [3.8, 4) is 0 Å². The molecule has 3 nitrogen and oxygen atoms in total. The fraction of sp³-hybridized carbons (Fsp3) is 0.714. The number of nitrogens with zero attached hydrogens (tertiary/aromatic N) is 3. The third kappa shape index (κ3) is 1.13. The Hall–Kier alpha value is -0.570. The molecule has 1 saturated carbocycles. The van der Waals surface area contributed by atoms with Crippen molar-refractivity contribution >= 4 is 11.6 Å². The van der Waals surface area contributed by atoms with Crippen LogP contribution in [0.15, 0.2) is 6.33 Å². The standard InChI is InChI=1S/C7H10ClN3/c8-4-7-10-9-5-11(7)6-2-1-3-6/h5-6H,1-4H2. The molecule has 0 atom stereocenters. The van der Waals surface area contributed by atoms with Gasteiger partial charge in [0, 0.05) is 6.04 Å². The smallest absolute Gasteiger partial charge is 0.148 e. The van der Waals surface area contributed by atoms with E-state index in [-0.39, 0.29) is 0 Å². The van der Waals surface area contributed by atoms with Crippen LogP contribution in [0, 0.1) is 0 Å². The summed E-state index contributed by atoms with van der Waals surface area (Å²) < 4.78 is 2.09. The quantitative estimate of drug-likeness (QED) is 0.635. The molecule has 0 aliphatic heterocycles. The van der Waals surface area contributed by atoms with E-state index in [1.165, 1.54) is 19.3 Å². The Bertz CT molecular complexity index is 242. The van der Waals surface area contributed by atoms with E-state index in [0.717, 1.165) is 5.82 Å². The molecule has 0 unspecified atom stereocenters. The van der Waals surface area contributed by atoms with Crippen molar-refractivity contribution in [2.75, 3.05) is 0 Å². The molecule has 0 radical (unpaired) electrons. The fourth-order valence-corrected chi connectivity index (χ4v) is 1.52. The zero-order chi connectivity index (χ0) is 7.68. The Morgan fingerprint density at radius 1 is 1.64 bits per heavy atom. The maximum atomic E-state index is 5.68. The molecule has 1 aromatic heterocycles. The first-order chi connectivity index (χ1) is 5.42. The minimum atomic E-state index is 0.469. The number of halogens is 1. The summed E-state index contributed by atoms with van der Waals surface area (Å²) in [4.78, 5) is 0. The van der Waals surface area contributed by atoms with E-state index in [9.17, 15) is 0 Å². The second kappa shape index (κ2) is 2.81. The van der Waals surface area contributed by atoms with Crippen LogP contribution in [0.1, 0.15) is 31.1 Å². The second-order valence-electron chi connectivity index (χ2n) is 2.87. The van der Waals surface area contributed by atoms with Crippen LogP contribution in [-0.4, -0.2) is 14.8 Å². The van der Waals surface area contributed by atoms with Crippen molar-refractivity contribution in [3.05, 3.63) is 12.2 Å². The molecule has 1 heterocycles. The van der Waals surface area contributed by atoms with Gasteiger partial charge in [0.15, 0.2) is 0 Å². The molecule has 0 N–H and O–H groups in total. The summed E-state index contributed by atoms with van der Waals surface area (Å²) in [6, 6.07) is 0.624. The molecule has 1 aromatic rings. The van der Waals surface area contributed by atoms with Crippen LogP contribution in [0.3, 0.4) is 0 Å². The summed E-state index contributed by atoms with van der Waals surface area (Å²) in [5.41, 5.74) is 0. The highest BCUT2D eigenvalue weighted by Gasteiger charge is 2.21. The van der Waals surface area contributed by atoms with Gasteiger partial charge in [-0.2, -0.15) is 0 Å². The van der Waals surface area contributed by atoms with Crippen LogP contribution in [0.4, 0.5) is 0 Å². The highest BCUT2D eigenvalue weighted by molar-refractivity contribution is 6.16. The van der Waals surface area contributed by atoms with Crippen molar-refractivity contribution in [1.29, 1.82) is 0 Å². The van der Waals surface area contributed by atoms with Gasteiger partial charge in [0.25, 0.3) is 0 Å². The SMILES string of the molecule is ClCc1nncn1C1CCC1. The van der Waals surface area contributed by atoms with E-state index < -0.39 is 0 Å². The monoisotopic (exact) mass is 171 g/mol. The van der Waals surface area contributed by atoms with Gasteiger partial charge >= 0.3 is 0 Å². The Morgan fingerprint density at radius 3 is 3.00 bits per heavy atom. The molecule has 11 heavy (non-hydrogen) atoms. The maximum absolute atomic E-state index is 5.68. The lowest BCUT2D eigenvalue weighted by Crippen LogP contribution is -2.17. The van der Waals surface area contributed by atoms with Crippen LogP contribution in [0.25, 0.3) is 0 Å². The maximum Gasteiger partial charge on any atom is 0.148 e. The first-order valence-corrected chi connectivity index (χ1v) is 4.39. The van der Waals surface area contributed by atoms with Crippen molar-refractivity contribution < 1.29 is 0 Å². The number of hydrogen-bond donors (Lipinski definition) is 0. The molecule has 60 valence electrons. The zero-order valence-electron chi connectivity index (χ0n) is 6.20. The van der Waals surface area contributed by atoms with E-state index >= 15 is 0 Å². The first kappa shape index (κ1) is 7.10. The zero-order valence-corrected chi connectivity index (χ0v) is 6.96. The van der Waals surface area contributed by atoms with E-state index in [1.54, 1.807) is 6.33 Å². The number of alkyl halides is 1. The molecule has 1 aliphatic carbocycles. The predicted molar refractivity (Wildman–Crippen MR) is 42.5 cm³/mol. The summed E-state index contributed by atoms with van der Waals surface area (Å²) >= 11 is 5.68. The number of rotatable bonds is 2. The van der Waals surface area contributed by atoms with E-state index in [0.29, 0.717) is 11.9 Å². The fourth-order valence-electron chi connectivity index (χ4n) is 1.33.